The maximum absolute atomic E-state index is 5.87. The predicted octanol–water partition coefficient (Wildman–Crippen LogP) is 0.857. The normalized spacial score (nSPS) is 16.6. The summed E-state index contributed by atoms with van der Waals surface area (Å²) in [6.45, 7) is 12.8. The topological polar surface area (TPSA) is 30.5 Å². The molecule has 1 N–H and O–H groups in total. The van der Waals surface area contributed by atoms with Gasteiger partial charge in [0.25, 0.3) is 0 Å². The van der Waals surface area contributed by atoms with Crippen LogP contribution in [-0.4, -0.2) is 41.0 Å². The predicted molar refractivity (Wildman–Crippen MR) is 68.3 cm³/mol. The molecule has 0 radical (unpaired) electrons. The van der Waals surface area contributed by atoms with Crippen molar-refractivity contribution in [2.24, 2.45) is 0 Å². The molecule has 0 spiro atoms. The SMILES string of the molecule is CCCNC([SiH3])(OCC)C(C)(C)OCC. The molecule has 0 fully saturated rings. The highest BCUT2D eigenvalue weighted by molar-refractivity contribution is 6.15. The Morgan fingerprint density at radius 1 is 1.07 bits per heavy atom. The van der Waals surface area contributed by atoms with E-state index in [1.54, 1.807) is 0 Å². The van der Waals surface area contributed by atoms with Gasteiger partial charge in [-0.15, -0.1) is 0 Å². The molecule has 0 saturated heterocycles. The monoisotopic (exact) mass is 233 g/mol. The van der Waals surface area contributed by atoms with Crippen LogP contribution in [0.15, 0.2) is 0 Å². The summed E-state index contributed by atoms with van der Waals surface area (Å²) in [4.78, 5) is 0. The zero-order valence-corrected chi connectivity index (χ0v) is 13.1. The molecule has 4 heteroatoms. The van der Waals surface area contributed by atoms with Crippen molar-refractivity contribution in [3.63, 3.8) is 0 Å². The van der Waals surface area contributed by atoms with Crippen LogP contribution in [0.2, 0.25) is 0 Å². The van der Waals surface area contributed by atoms with Gasteiger partial charge >= 0.3 is 0 Å². The van der Waals surface area contributed by atoms with Crippen LogP contribution in [-0.2, 0) is 9.47 Å². The minimum atomic E-state index is -0.284. The minimum absolute atomic E-state index is 0.265. The summed E-state index contributed by atoms with van der Waals surface area (Å²) in [5, 5.41) is 3.20. The van der Waals surface area contributed by atoms with Crippen molar-refractivity contribution in [1.82, 2.24) is 5.32 Å². The van der Waals surface area contributed by atoms with Gasteiger partial charge in [-0.05, 0) is 40.7 Å². The lowest BCUT2D eigenvalue weighted by molar-refractivity contribution is -0.160. The Balaban J connectivity index is 4.58. The van der Waals surface area contributed by atoms with Gasteiger partial charge in [0.2, 0.25) is 0 Å². The third-order valence-corrected chi connectivity index (χ3v) is 4.65. The van der Waals surface area contributed by atoms with Crippen LogP contribution >= 0.6 is 0 Å². The van der Waals surface area contributed by atoms with Crippen molar-refractivity contribution < 1.29 is 9.47 Å². The Labute approximate surface area is 97.3 Å². The molecule has 1 atom stereocenters. The number of ether oxygens (including phenoxy) is 2. The first-order chi connectivity index (χ1) is 6.93. The van der Waals surface area contributed by atoms with E-state index < -0.39 is 0 Å². The molecular formula is C11H27NO2Si. The maximum Gasteiger partial charge on any atom is 0.122 e. The fourth-order valence-electron chi connectivity index (χ4n) is 1.59. The molecule has 0 rings (SSSR count). The molecule has 0 aliphatic carbocycles. The Bertz CT molecular complexity index is 176. The number of hydrogen-bond donors (Lipinski definition) is 1. The molecule has 92 valence electrons. The number of rotatable bonds is 8. The lowest BCUT2D eigenvalue weighted by atomic mass is 10.1. The molecule has 1 unspecified atom stereocenters. The first kappa shape index (κ1) is 15.1. The molecule has 0 aliphatic heterocycles. The Morgan fingerprint density at radius 3 is 2.00 bits per heavy atom. The maximum atomic E-state index is 5.87. The van der Waals surface area contributed by atoms with Gasteiger partial charge in [0.1, 0.15) is 10.9 Å². The largest absolute Gasteiger partial charge is 0.372 e. The molecule has 0 aliphatic rings. The molecule has 0 amide bonds. The zero-order valence-electron chi connectivity index (χ0n) is 11.1. The van der Waals surface area contributed by atoms with Gasteiger partial charge in [0.05, 0.1) is 10.2 Å². The van der Waals surface area contributed by atoms with Crippen molar-refractivity contribution in [1.29, 1.82) is 0 Å². The summed E-state index contributed by atoms with van der Waals surface area (Å²) >= 11 is 0. The van der Waals surface area contributed by atoms with Gasteiger partial charge in [-0.2, -0.15) is 0 Å². The second-order valence-electron chi connectivity index (χ2n) is 4.34. The smallest absolute Gasteiger partial charge is 0.122 e. The van der Waals surface area contributed by atoms with E-state index in [-0.39, 0.29) is 10.9 Å². The Kier molecular flexibility index (Phi) is 6.67. The van der Waals surface area contributed by atoms with Crippen LogP contribution in [0, 0.1) is 0 Å². The second-order valence-corrected chi connectivity index (χ2v) is 5.74. The van der Waals surface area contributed by atoms with E-state index >= 15 is 0 Å². The molecule has 0 bridgehead atoms. The number of nitrogens with one attached hydrogen (secondary N) is 1. The van der Waals surface area contributed by atoms with Gasteiger partial charge in [0, 0.05) is 13.2 Å². The summed E-state index contributed by atoms with van der Waals surface area (Å²) in [6.07, 6.45) is 1.11. The first-order valence-corrected chi connectivity index (χ1v) is 6.96. The quantitative estimate of drug-likeness (QED) is 0.498. The molecule has 15 heavy (non-hydrogen) atoms. The molecule has 0 aromatic heterocycles. The van der Waals surface area contributed by atoms with Crippen LogP contribution in [0.4, 0.5) is 0 Å². The Hall–Kier alpha value is 0.0969. The highest BCUT2D eigenvalue weighted by atomic mass is 28.1. The fraction of sp³-hybridized carbons (Fsp3) is 1.00. The zero-order chi connectivity index (χ0) is 11.9. The lowest BCUT2D eigenvalue weighted by Crippen LogP contribution is -2.64. The van der Waals surface area contributed by atoms with Crippen molar-refractivity contribution in [3.8, 4) is 0 Å². The van der Waals surface area contributed by atoms with Crippen molar-refractivity contribution in [2.45, 2.75) is 52.0 Å². The van der Waals surface area contributed by atoms with E-state index in [0.29, 0.717) is 0 Å². The fourth-order valence-corrected chi connectivity index (χ4v) is 2.27. The Morgan fingerprint density at radius 2 is 1.60 bits per heavy atom. The van der Waals surface area contributed by atoms with Gasteiger partial charge in [-0.1, -0.05) is 6.92 Å². The third kappa shape index (κ3) is 4.22. The van der Waals surface area contributed by atoms with Crippen molar-refractivity contribution >= 4 is 10.2 Å². The molecule has 0 aromatic rings. The van der Waals surface area contributed by atoms with Gasteiger partial charge in [-0.3, -0.25) is 5.32 Å². The summed E-state index contributed by atoms with van der Waals surface area (Å²) < 4.78 is 11.7. The van der Waals surface area contributed by atoms with Crippen molar-refractivity contribution in [3.05, 3.63) is 0 Å². The molecule has 0 heterocycles. The van der Waals surface area contributed by atoms with Gasteiger partial charge in [0.15, 0.2) is 0 Å². The van der Waals surface area contributed by atoms with Crippen LogP contribution in [0.1, 0.15) is 41.0 Å². The molecular weight excluding hydrogens is 206 g/mol. The molecule has 0 aromatic carbocycles. The van der Waals surface area contributed by atoms with Crippen LogP contribution in [0.25, 0.3) is 0 Å². The third-order valence-electron chi connectivity index (χ3n) is 2.80. The van der Waals surface area contributed by atoms with E-state index in [1.807, 2.05) is 13.8 Å². The van der Waals surface area contributed by atoms with E-state index in [9.17, 15) is 0 Å². The minimum Gasteiger partial charge on any atom is -0.372 e. The van der Waals surface area contributed by atoms with E-state index in [1.165, 1.54) is 0 Å². The average molecular weight is 233 g/mol. The average Bonchev–Trinajstić information content (AvgIpc) is 2.15. The summed E-state index contributed by atoms with van der Waals surface area (Å²) in [5.74, 6) is 0. The first-order valence-electron chi connectivity index (χ1n) is 5.96. The lowest BCUT2D eigenvalue weighted by Gasteiger charge is -2.44. The number of hydrogen-bond acceptors (Lipinski definition) is 3. The van der Waals surface area contributed by atoms with Gasteiger partial charge < -0.3 is 9.47 Å². The van der Waals surface area contributed by atoms with Crippen LogP contribution in [0.3, 0.4) is 0 Å². The van der Waals surface area contributed by atoms with E-state index in [2.05, 4.69) is 26.1 Å². The second kappa shape index (κ2) is 6.63. The van der Waals surface area contributed by atoms with Crippen LogP contribution in [0.5, 0.6) is 0 Å². The highest BCUT2D eigenvalue weighted by Crippen LogP contribution is 2.24. The van der Waals surface area contributed by atoms with Crippen LogP contribution < -0.4 is 5.32 Å². The molecule has 0 saturated carbocycles. The van der Waals surface area contributed by atoms with E-state index in [0.717, 1.165) is 36.4 Å². The highest BCUT2D eigenvalue weighted by Gasteiger charge is 2.41. The summed E-state index contributed by atoms with van der Waals surface area (Å²) in [7, 11) is 0.907. The van der Waals surface area contributed by atoms with Gasteiger partial charge in [-0.25, -0.2) is 0 Å². The van der Waals surface area contributed by atoms with Crippen molar-refractivity contribution in [2.75, 3.05) is 19.8 Å². The standard InChI is InChI=1S/C11H27NO2Si/c1-6-9-12-11(15,14-8-3)10(4,5)13-7-2/h12H,6-9H2,1-5,15H3. The summed E-state index contributed by atoms with van der Waals surface area (Å²) in [6, 6.07) is 0. The molecule has 3 nitrogen and oxygen atoms in total. The van der Waals surface area contributed by atoms with E-state index in [4.69, 9.17) is 9.47 Å². The summed E-state index contributed by atoms with van der Waals surface area (Å²) in [5.41, 5.74) is -0.265.